The van der Waals surface area contributed by atoms with Gasteiger partial charge >= 0.3 is 0 Å². The van der Waals surface area contributed by atoms with Crippen LogP contribution in [0.25, 0.3) is 0 Å². The molecule has 1 fully saturated rings. The Bertz CT molecular complexity index is 824. The number of thiocarbonyl (C=S) groups is 1. The number of ether oxygens (including phenoxy) is 1. The second-order valence-electron chi connectivity index (χ2n) is 6.84. The minimum Gasteiger partial charge on any atom is -0.378 e. The van der Waals surface area contributed by atoms with Gasteiger partial charge in [0.15, 0.2) is 5.11 Å². The van der Waals surface area contributed by atoms with Gasteiger partial charge in [-0.05, 0) is 54.2 Å². The van der Waals surface area contributed by atoms with Gasteiger partial charge in [-0.3, -0.25) is 4.79 Å². The number of rotatable bonds is 6. The Morgan fingerprint density at radius 2 is 1.79 bits per heavy atom. The molecule has 0 aromatic heterocycles. The van der Waals surface area contributed by atoms with Crippen molar-refractivity contribution in [2.75, 3.05) is 50.1 Å². The number of carbonyl (C=O) groups is 1. The molecule has 0 spiro atoms. The van der Waals surface area contributed by atoms with Gasteiger partial charge in [-0.2, -0.15) is 0 Å². The summed E-state index contributed by atoms with van der Waals surface area (Å²) in [6.45, 7) is 3.81. The van der Waals surface area contributed by atoms with Gasteiger partial charge in [0.25, 0.3) is 0 Å². The number of anilines is 2. The SMILES string of the molecule is CN(CC(=O)Nc1ccc(N2CCOCC2)cc1)C(=S)NCc1ccc(F)cc1. The molecular weight excluding hydrogens is 391 g/mol. The van der Waals surface area contributed by atoms with Crippen LogP contribution in [-0.2, 0) is 16.1 Å². The molecule has 2 aromatic rings. The van der Waals surface area contributed by atoms with Crippen molar-refractivity contribution in [3.05, 3.63) is 59.9 Å². The highest BCUT2D eigenvalue weighted by molar-refractivity contribution is 7.80. The van der Waals surface area contributed by atoms with Crippen molar-refractivity contribution in [3.63, 3.8) is 0 Å². The number of morpholine rings is 1. The Morgan fingerprint density at radius 3 is 2.45 bits per heavy atom. The van der Waals surface area contributed by atoms with E-state index in [9.17, 15) is 9.18 Å². The normalized spacial score (nSPS) is 13.7. The van der Waals surface area contributed by atoms with Crippen LogP contribution in [0, 0.1) is 5.82 Å². The smallest absolute Gasteiger partial charge is 0.243 e. The maximum atomic E-state index is 12.9. The second-order valence-corrected chi connectivity index (χ2v) is 7.22. The van der Waals surface area contributed by atoms with Gasteiger partial charge in [0, 0.05) is 38.1 Å². The van der Waals surface area contributed by atoms with E-state index in [0.717, 1.165) is 43.2 Å². The zero-order valence-electron chi connectivity index (χ0n) is 16.4. The quantitative estimate of drug-likeness (QED) is 0.706. The molecule has 0 radical (unpaired) electrons. The lowest BCUT2D eigenvalue weighted by molar-refractivity contribution is -0.116. The number of benzene rings is 2. The molecule has 0 aliphatic carbocycles. The van der Waals surface area contributed by atoms with Crippen LogP contribution in [0.2, 0.25) is 0 Å². The minimum absolute atomic E-state index is 0.125. The third-order valence-electron chi connectivity index (χ3n) is 4.61. The number of likely N-dealkylation sites (N-methyl/N-ethyl adjacent to an activating group) is 1. The third-order valence-corrected chi connectivity index (χ3v) is 5.07. The highest BCUT2D eigenvalue weighted by Crippen LogP contribution is 2.19. The molecule has 2 aromatic carbocycles. The van der Waals surface area contributed by atoms with Crippen LogP contribution in [-0.4, -0.2) is 55.8 Å². The topological polar surface area (TPSA) is 56.8 Å². The molecule has 2 N–H and O–H groups in total. The lowest BCUT2D eigenvalue weighted by Gasteiger charge is -2.29. The fourth-order valence-electron chi connectivity index (χ4n) is 2.98. The molecule has 1 aliphatic rings. The highest BCUT2D eigenvalue weighted by Gasteiger charge is 2.12. The number of nitrogens with zero attached hydrogens (tertiary/aromatic N) is 2. The summed E-state index contributed by atoms with van der Waals surface area (Å²) in [7, 11) is 1.75. The zero-order chi connectivity index (χ0) is 20.6. The van der Waals surface area contributed by atoms with E-state index < -0.39 is 0 Å². The maximum Gasteiger partial charge on any atom is 0.243 e. The first-order chi connectivity index (χ1) is 14.0. The fraction of sp³-hybridized carbons (Fsp3) is 0.333. The Hall–Kier alpha value is -2.71. The summed E-state index contributed by atoms with van der Waals surface area (Å²) in [5.74, 6) is -0.430. The molecule has 154 valence electrons. The first-order valence-corrected chi connectivity index (χ1v) is 9.88. The number of nitrogens with one attached hydrogen (secondary N) is 2. The number of carbonyl (C=O) groups excluding carboxylic acids is 1. The van der Waals surface area contributed by atoms with Crippen LogP contribution in [0.4, 0.5) is 15.8 Å². The van der Waals surface area contributed by atoms with Gasteiger partial charge < -0.3 is 25.2 Å². The van der Waals surface area contributed by atoms with Crippen molar-refractivity contribution in [1.82, 2.24) is 10.2 Å². The van der Waals surface area contributed by atoms with Gasteiger partial charge in [-0.25, -0.2) is 4.39 Å². The van der Waals surface area contributed by atoms with E-state index in [2.05, 4.69) is 15.5 Å². The van der Waals surface area contributed by atoms with Crippen LogP contribution in [0.5, 0.6) is 0 Å². The second kappa shape index (κ2) is 10.2. The number of amides is 1. The van der Waals surface area contributed by atoms with E-state index >= 15 is 0 Å². The molecular formula is C21H25FN4O2S. The molecule has 0 saturated carbocycles. The summed E-state index contributed by atoms with van der Waals surface area (Å²) in [5, 5.41) is 6.41. The summed E-state index contributed by atoms with van der Waals surface area (Å²) in [6, 6.07) is 14.0. The first-order valence-electron chi connectivity index (χ1n) is 9.47. The van der Waals surface area contributed by atoms with Crippen LogP contribution in [0.15, 0.2) is 48.5 Å². The monoisotopic (exact) mass is 416 g/mol. The standard InChI is InChI=1S/C21H25FN4O2S/c1-25(21(29)23-14-16-2-4-17(22)5-3-16)15-20(27)24-18-6-8-19(9-7-18)26-10-12-28-13-11-26/h2-9H,10-15H2,1H3,(H,23,29)(H,24,27). The van der Waals surface area contributed by atoms with Crippen molar-refractivity contribution in [3.8, 4) is 0 Å². The van der Waals surface area contributed by atoms with Crippen LogP contribution < -0.4 is 15.5 Å². The Kier molecular flexibility index (Phi) is 7.37. The van der Waals surface area contributed by atoms with Crippen molar-refractivity contribution >= 4 is 34.6 Å². The first kappa shape index (κ1) is 21.0. The van der Waals surface area contributed by atoms with Crippen molar-refractivity contribution in [1.29, 1.82) is 0 Å². The molecule has 1 amide bonds. The lowest BCUT2D eigenvalue weighted by atomic mass is 10.2. The maximum absolute atomic E-state index is 12.9. The predicted octanol–water partition coefficient (Wildman–Crippen LogP) is 2.61. The molecule has 29 heavy (non-hydrogen) atoms. The predicted molar refractivity (Wildman–Crippen MR) is 117 cm³/mol. The van der Waals surface area contributed by atoms with E-state index in [1.807, 2.05) is 24.3 Å². The van der Waals surface area contributed by atoms with Gasteiger partial charge in [0.05, 0.1) is 19.8 Å². The summed E-state index contributed by atoms with van der Waals surface area (Å²) in [4.78, 5) is 16.2. The van der Waals surface area contributed by atoms with Gasteiger partial charge in [0.1, 0.15) is 5.82 Å². The number of hydrogen-bond donors (Lipinski definition) is 2. The average molecular weight is 417 g/mol. The zero-order valence-corrected chi connectivity index (χ0v) is 17.2. The third kappa shape index (κ3) is 6.40. The van der Waals surface area contributed by atoms with Crippen LogP contribution in [0.3, 0.4) is 0 Å². The van der Waals surface area contributed by atoms with Crippen LogP contribution >= 0.6 is 12.2 Å². The van der Waals surface area contributed by atoms with E-state index in [0.29, 0.717) is 11.7 Å². The number of halogens is 1. The van der Waals surface area contributed by atoms with E-state index in [1.165, 1.54) is 12.1 Å². The highest BCUT2D eigenvalue weighted by atomic mass is 32.1. The van der Waals surface area contributed by atoms with Crippen molar-refractivity contribution in [2.45, 2.75) is 6.54 Å². The molecule has 0 atom stereocenters. The molecule has 3 rings (SSSR count). The molecule has 8 heteroatoms. The summed E-state index contributed by atoms with van der Waals surface area (Å²) in [5.41, 5.74) is 2.77. The summed E-state index contributed by atoms with van der Waals surface area (Å²) in [6.07, 6.45) is 0. The Labute approximate surface area is 175 Å². The van der Waals surface area contributed by atoms with Gasteiger partial charge in [-0.15, -0.1) is 0 Å². The average Bonchev–Trinajstić information content (AvgIpc) is 2.74. The van der Waals surface area contributed by atoms with Gasteiger partial charge in [0.2, 0.25) is 5.91 Å². The molecule has 0 unspecified atom stereocenters. The van der Waals surface area contributed by atoms with Crippen LogP contribution in [0.1, 0.15) is 5.56 Å². The lowest BCUT2D eigenvalue weighted by Crippen LogP contribution is -2.41. The van der Waals surface area contributed by atoms with E-state index in [-0.39, 0.29) is 18.3 Å². The minimum atomic E-state index is -0.275. The molecule has 1 heterocycles. The largest absolute Gasteiger partial charge is 0.378 e. The van der Waals surface area contributed by atoms with Crippen molar-refractivity contribution < 1.29 is 13.9 Å². The molecule has 1 aliphatic heterocycles. The van der Waals surface area contributed by atoms with Crippen molar-refractivity contribution in [2.24, 2.45) is 0 Å². The summed E-state index contributed by atoms with van der Waals surface area (Å²) >= 11 is 5.32. The summed E-state index contributed by atoms with van der Waals surface area (Å²) < 4.78 is 18.3. The Balaban J connectivity index is 1.44. The van der Waals surface area contributed by atoms with E-state index in [4.69, 9.17) is 17.0 Å². The molecule has 1 saturated heterocycles. The molecule has 0 bridgehead atoms. The Morgan fingerprint density at radius 1 is 1.14 bits per heavy atom. The fourth-order valence-corrected chi connectivity index (χ4v) is 3.12. The number of hydrogen-bond acceptors (Lipinski definition) is 4. The van der Waals surface area contributed by atoms with Gasteiger partial charge in [-0.1, -0.05) is 12.1 Å². The van der Waals surface area contributed by atoms with E-state index in [1.54, 1.807) is 24.1 Å². The molecule has 6 nitrogen and oxygen atoms in total.